The molecule has 0 saturated heterocycles. The molecule has 18 heavy (non-hydrogen) atoms. The average molecular weight is 265 g/mol. The lowest BCUT2D eigenvalue weighted by Gasteiger charge is -2.05. The van der Waals surface area contributed by atoms with E-state index in [-0.39, 0.29) is 0 Å². The van der Waals surface area contributed by atoms with E-state index in [1.165, 1.54) is 0 Å². The third kappa shape index (κ3) is 3.03. The van der Waals surface area contributed by atoms with Crippen molar-refractivity contribution in [1.82, 2.24) is 9.78 Å². The van der Waals surface area contributed by atoms with E-state index in [9.17, 15) is 0 Å². The van der Waals surface area contributed by atoms with Gasteiger partial charge in [0.2, 0.25) is 0 Å². The van der Waals surface area contributed by atoms with Crippen molar-refractivity contribution in [2.75, 3.05) is 12.3 Å². The molecular weight excluding hydrogens is 248 g/mol. The van der Waals surface area contributed by atoms with Gasteiger partial charge in [0.1, 0.15) is 5.82 Å². The molecule has 1 aromatic heterocycles. The lowest BCUT2D eigenvalue weighted by atomic mass is 10.2. The van der Waals surface area contributed by atoms with E-state index in [1.54, 1.807) is 4.68 Å². The van der Waals surface area contributed by atoms with Crippen molar-refractivity contribution in [1.29, 1.82) is 0 Å². The molecule has 96 valence electrons. The summed E-state index contributed by atoms with van der Waals surface area (Å²) in [5, 5.41) is 5.04. The standard InChI is InChI=1S/C13H17ClN4/c14-12-5-3-10(4-6-12)9-18-13(16)11(8-17-18)2-1-7-15/h3-6,8H,1-2,7,9,15-16H2. The minimum Gasteiger partial charge on any atom is -0.384 e. The summed E-state index contributed by atoms with van der Waals surface area (Å²) < 4.78 is 1.80. The number of aromatic nitrogens is 2. The lowest BCUT2D eigenvalue weighted by Crippen LogP contribution is -2.07. The minimum atomic E-state index is 0.658. The Morgan fingerprint density at radius 3 is 2.61 bits per heavy atom. The number of nitrogens with two attached hydrogens (primary N) is 2. The van der Waals surface area contributed by atoms with E-state index in [0.717, 1.165) is 34.8 Å². The molecule has 0 spiro atoms. The summed E-state index contributed by atoms with van der Waals surface area (Å²) in [6, 6.07) is 7.68. The van der Waals surface area contributed by atoms with Crippen LogP contribution in [0.15, 0.2) is 30.5 Å². The van der Waals surface area contributed by atoms with Gasteiger partial charge in [-0.3, -0.25) is 0 Å². The average Bonchev–Trinajstić information content (AvgIpc) is 2.71. The van der Waals surface area contributed by atoms with Gasteiger partial charge in [0, 0.05) is 10.6 Å². The van der Waals surface area contributed by atoms with Crippen molar-refractivity contribution >= 4 is 17.4 Å². The Labute approximate surface area is 112 Å². The van der Waals surface area contributed by atoms with Gasteiger partial charge in [-0.25, -0.2) is 4.68 Å². The zero-order chi connectivity index (χ0) is 13.0. The second-order valence-electron chi connectivity index (χ2n) is 4.23. The van der Waals surface area contributed by atoms with Gasteiger partial charge in [-0.1, -0.05) is 23.7 Å². The highest BCUT2D eigenvalue weighted by Gasteiger charge is 2.07. The Balaban J connectivity index is 2.09. The van der Waals surface area contributed by atoms with Crippen molar-refractivity contribution in [3.8, 4) is 0 Å². The molecule has 1 aromatic carbocycles. The van der Waals surface area contributed by atoms with Crippen LogP contribution in [0.5, 0.6) is 0 Å². The van der Waals surface area contributed by atoms with Gasteiger partial charge in [0.25, 0.3) is 0 Å². The normalized spacial score (nSPS) is 10.8. The topological polar surface area (TPSA) is 69.9 Å². The fourth-order valence-corrected chi connectivity index (χ4v) is 1.93. The second kappa shape index (κ2) is 5.89. The number of anilines is 1. The number of hydrogen-bond donors (Lipinski definition) is 2. The van der Waals surface area contributed by atoms with Crippen molar-refractivity contribution in [3.63, 3.8) is 0 Å². The fourth-order valence-electron chi connectivity index (χ4n) is 1.81. The Bertz CT molecular complexity index is 504. The quantitative estimate of drug-likeness (QED) is 0.868. The highest BCUT2D eigenvalue weighted by atomic mass is 35.5. The molecule has 1 heterocycles. The molecule has 2 aromatic rings. The molecule has 0 radical (unpaired) electrons. The number of nitrogens with zero attached hydrogens (tertiary/aromatic N) is 2. The first kappa shape index (κ1) is 12.9. The Hall–Kier alpha value is -1.52. The van der Waals surface area contributed by atoms with Gasteiger partial charge in [0.15, 0.2) is 0 Å². The van der Waals surface area contributed by atoms with E-state index in [4.69, 9.17) is 23.1 Å². The summed E-state index contributed by atoms with van der Waals surface area (Å²) in [7, 11) is 0. The maximum atomic E-state index is 6.06. The molecule has 0 bridgehead atoms. The number of halogens is 1. The van der Waals surface area contributed by atoms with Gasteiger partial charge in [-0.2, -0.15) is 5.10 Å². The van der Waals surface area contributed by atoms with Crippen LogP contribution in [-0.2, 0) is 13.0 Å². The van der Waals surface area contributed by atoms with Gasteiger partial charge in [-0.05, 0) is 37.1 Å². The van der Waals surface area contributed by atoms with Gasteiger partial charge in [-0.15, -0.1) is 0 Å². The largest absolute Gasteiger partial charge is 0.384 e. The SMILES string of the molecule is NCCCc1cnn(Cc2ccc(Cl)cc2)c1N. The monoisotopic (exact) mass is 264 g/mol. The number of aryl methyl sites for hydroxylation is 1. The van der Waals surface area contributed by atoms with Crippen LogP contribution in [0.3, 0.4) is 0 Å². The molecule has 0 aliphatic carbocycles. The van der Waals surface area contributed by atoms with E-state index in [2.05, 4.69) is 5.10 Å². The van der Waals surface area contributed by atoms with Crippen LogP contribution in [0.1, 0.15) is 17.5 Å². The van der Waals surface area contributed by atoms with Crippen molar-refractivity contribution in [2.24, 2.45) is 5.73 Å². The van der Waals surface area contributed by atoms with Crippen LogP contribution >= 0.6 is 11.6 Å². The highest BCUT2D eigenvalue weighted by Crippen LogP contribution is 2.16. The van der Waals surface area contributed by atoms with E-state index in [0.29, 0.717) is 13.1 Å². The molecule has 0 fully saturated rings. The van der Waals surface area contributed by atoms with Crippen LogP contribution in [0.2, 0.25) is 5.02 Å². The van der Waals surface area contributed by atoms with Crippen LogP contribution < -0.4 is 11.5 Å². The smallest absolute Gasteiger partial charge is 0.125 e. The summed E-state index contributed by atoms with van der Waals surface area (Å²) in [5.74, 6) is 0.721. The first-order chi connectivity index (χ1) is 8.70. The lowest BCUT2D eigenvalue weighted by molar-refractivity contribution is 0.696. The summed E-state index contributed by atoms with van der Waals surface area (Å²) in [6.45, 7) is 1.33. The maximum Gasteiger partial charge on any atom is 0.125 e. The third-order valence-electron chi connectivity index (χ3n) is 2.86. The van der Waals surface area contributed by atoms with Crippen molar-refractivity contribution in [2.45, 2.75) is 19.4 Å². The number of rotatable bonds is 5. The molecule has 0 unspecified atom stereocenters. The maximum absolute atomic E-state index is 6.06. The zero-order valence-corrected chi connectivity index (χ0v) is 10.9. The summed E-state index contributed by atoms with van der Waals surface area (Å²) in [4.78, 5) is 0. The molecule has 4 N–H and O–H groups in total. The molecule has 0 aliphatic heterocycles. The summed E-state index contributed by atoms with van der Waals surface area (Å²) in [6.07, 6.45) is 3.63. The van der Waals surface area contributed by atoms with Gasteiger partial charge in [0.05, 0.1) is 12.7 Å². The molecule has 0 atom stereocenters. The molecule has 5 heteroatoms. The molecule has 0 saturated carbocycles. The molecule has 0 amide bonds. The highest BCUT2D eigenvalue weighted by molar-refractivity contribution is 6.30. The van der Waals surface area contributed by atoms with Crippen LogP contribution in [0.25, 0.3) is 0 Å². The number of nitrogen functional groups attached to an aromatic ring is 1. The van der Waals surface area contributed by atoms with Gasteiger partial charge < -0.3 is 11.5 Å². The number of benzene rings is 1. The number of hydrogen-bond acceptors (Lipinski definition) is 3. The van der Waals surface area contributed by atoms with E-state index < -0.39 is 0 Å². The van der Waals surface area contributed by atoms with E-state index >= 15 is 0 Å². The van der Waals surface area contributed by atoms with E-state index in [1.807, 2.05) is 30.5 Å². The van der Waals surface area contributed by atoms with Gasteiger partial charge >= 0.3 is 0 Å². The fraction of sp³-hybridized carbons (Fsp3) is 0.308. The first-order valence-corrected chi connectivity index (χ1v) is 6.33. The third-order valence-corrected chi connectivity index (χ3v) is 3.11. The Kier molecular flexibility index (Phi) is 4.23. The molecule has 4 nitrogen and oxygen atoms in total. The van der Waals surface area contributed by atoms with Crippen molar-refractivity contribution in [3.05, 3.63) is 46.6 Å². The molecule has 2 rings (SSSR count). The van der Waals surface area contributed by atoms with Crippen LogP contribution in [-0.4, -0.2) is 16.3 Å². The van der Waals surface area contributed by atoms with Crippen LogP contribution in [0.4, 0.5) is 5.82 Å². The predicted molar refractivity (Wildman–Crippen MR) is 74.6 cm³/mol. The summed E-state index contributed by atoms with van der Waals surface area (Å²) >= 11 is 5.85. The minimum absolute atomic E-state index is 0.658. The Morgan fingerprint density at radius 1 is 1.22 bits per heavy atom. The Morgan fingerprint density at radius 2 is 1.94 bits per heavy atom. The predicted octanol–water partition coefficient (Wildman–Crippen LogP) is 2.06. The molecule has 0 aliphatic rings. The molecular formula is C13H17ClN4. The van der Waals surface area contributed by atoms with Crippen LogP contribution in [0, 0.1) is 0 Å². The summed E-state index contributed by atoms with van der Waals surface area (Å²) in [5.41, 5.74) is 13.7. The zero-order valence-electron chi connectivity index (χ0n) is 10.1. The van der Waals surface area contributed by atoms with Crippen molar-refractivity contribution < 1.29 is 0 Å². The first-order valence-electron chi connectivity index (χ1n) is 5.95. The second-order valence-corrected chi connectivity index (χ2v) is 4.67.